The second-order valence-electron chi connectivity index (χ2n) is 3.37. The molecule has 3 heteroatoms. The van der Waals surface area contributed by atoms with Gasteiger partial charge in [0.15, 0.2) is 0 Å². The predicted molar refractivity (Wildman–Crippen MR) is 44.0 cm³/mol. The van der Waals surface area contributed by atoms with Gasteiger partial charge in [-0.05, 0) is 26.2 Å². The summed E-state index contributed by atoms with van der Waals surface area (Å²) >= 11 is 0. The molecule has 1 saturated heterocycles. The van der Waals surface area contributed by atoms with E-state index in [4.69, 9.17) is 5.73 Å². The molecular formula is C8H16N2O. The summed E-state index contributed by atoms with van der Waals surface area (Å²) in [5, 5.41) is 2.93. The molecule has 1 heterocycles. The molecule has 2 unspecified atom stereocenters. The lowest BCUT2D eigenvalue weighted by Crippen LogP contribution is -2.41. The molecule has 1 fully saturated rings. The number of rotatable bonds is 2. The Morgan fingerprint density at radius 1 is 1.82 bits per heavy atom. The van der Waals surface area contributed by atoms with Crippen LogP contribution in [0.3, 0.4) is 0 Å². The third kappa shape index (κ3) is 2.89. The average Bonchev–Trinajstić information content (AvgIpc) is 1.85. The Kier molecular flexibility index (Phi) is 2.88. The number of piperidine rings is 1. The van der Waals surface area contributed by atoms with Gasteiger partial charge in [-0.1, -0.05) is 0 Å². The van der Waals surface area contributed by atoms with Crippen LogP contribution in [0.4, 0.5) is 0 Å². The molecule has 64 valence electrons. The topological polar surface area (TPSA) is 55.1 Å². The average molecular weight is 156 g/mol. The van der Waals surface area contributed by atoms with Crippen molar-refractivity contribution in [2.75, 3.05) is 0 Å². The minimum absolute atomic E-state index is 0.182. The molecule has 1 amide bonds. The molecule has 1 aliphatic heterocycles. The van der Waals surface area contributed by atoms with Crippen molar-refractivity contribution in [2.45, 2.75) is 44.7 Å². The van der Waals surface area contributed by atoms with Gasteiger partial charge in [0.05, 0.1) is 0 Å². The van der Waals surface area contributed by atoms with Crippen LogP contribution in [0.1, 0.15) is 32.6 Å². The molecule has 0 saturated carbocycles. The van der Waals surface area contributed by atoms with E-state index in [-0.39, 0.29) is 11.9 Å². The van der Waals surface area contributed by atoms with Gasteiger partial charge in [0.1, 0.15) is 0 Å². The summed E-state index contributed by atoms with van der Waals surface area (Å²) in [6.45, 7) is 1.97. The zero-order valence-corrected chi connectivity index (χ0v) is 6.97. The first-order valence-corrected chi connectivity index (χ1v) is 4.23. The number of nitrogens with two attached hydrogens (primary N) is 1. The van der Waals surface area contributed by atoms with Gasteiger partial charge in [-0.25, -0.2) is 0 Å². The van der Waals surface area contributed by atoms with Crippen LogP contribution < -0.4 is 11.1 Å². The quantitative estimate of drug-likeness (QED) is 0.607. The van der Waals surface area contributed by atoms with Gasteiger partial charge in [0.2, 0.25) is 5.91 Å². The van der Waals surface area contributed by atoms with Gasteiger partial charge < -0.3 is 11.1 Å². The van der Waals surface area contributed by atoms with Crippen LogP contribution in [0.2, 0.25) is 0 Å². The fourth-order valence-corrected chi connectivity index (χ4v) is 1.51. The van der Waals surface area contributed by atoms with Gasteiger partial charge >= 0.3 is 0 Å². The normalized spacial score (nSPS) is 27.8. The second-order valence-corrected chi connectivity index (χ2v) is 3.37. The molecule has 2 atom stereocenters. The Labute approximate surface area is 67.3 Å². The lowest BCUT2D eigenvalue weighted by atomic mass is 9.99. The van der Waals surface area contributed by atoms with Crippen LogP contribution >= 0.6 is 0 Å². The highest BCUT2D eigenvalue weighted by atomic mass is 16.1. The highest BCUT2D eigenvalue weighted by Crippen LogP contribution is 2.11. The molecule has 0 aromatic rings. The Morgan fingerprint density at radius 2 is 2.55 bits per heavy atom. The summed E-state index contributed by atoms with van der Waals surface area (Å²) in [5.41, 5.74) is 5.62. The van der Waals surface area contributed by atoms with Crippen LogP contribution in [-0.4, -0.2) is 18.0 Å². The number of hydrogen-bond donors (Lipinski definition) is 2. The van der Waals surface area contributed by atoms with E-state index < -0.39 is 0 Å². The first kappa shape index (κ1) is 8.53. The third-order valence-electron chi connectivity index (χ3n) is 1.98. The zero-order chi connectivity index (χ0) is 8.27. The number of nitrogens with one attached hydrogen (secondary N) is 1. The van der Waals surface area contributed by atoms with Gasteiger partial charge in [0, 0.05) is 18.5 Å². The molecule has 0 radical (unpaired) electrons. The van der Waals surface area contributed by atoms with E-state index in [1.54, 1.807) is 0 Å². The molecule has 0 aromatic carbocycles. The maximum atomic E-state index is 10.9. The molecule has 11 heavy (non-hydrogen) atoms. The summed E-state index contributed by atoms with van der Waals surface area (Å²) < 4.78 is 0. The van der Waals surface area contributed by atoms with Gasteiger partial charge in [0.25, 0.3) is 0 Å². The fourth-order valence-electron chi connectivity index (χ4n) is 1.51. The molecule has 0 bridgehead atoms. The molecule has 0 spiro atoms. The van der Waals surface area contributed by atoms with E-state index >= 15 is 0 Å². The van der Waals surface area contributed by atoms with Crippen molar-refractivity contribution < 1.29 is 4.79 Å². The Morgan fingerprint density at radius 3 is 3.09 bits per heavy atom. The van der Waals surface area contributed by atoms with E-state index in [1.165, 1.54) is 0 Å². The SMILES string of the molecule is CC(N)CC1CCCC(=O)N1. The van der Waals surface area contributed by atoms with Crippen molar-refractivity contribution >= 4 is 5.91 Å². The van der Waals surface area contributed by atoms with Gasteiger partial charge in [-0.2, -0.15) is 0 Å². The van der Waals surface area contributed by atoms with Crippen LogP contribution in [0.15, 0.2) is 0 Å². The summed E-state index contributed by atoms with van der Waals surface area (Å²) in [5.74, 6) is 0.182. The maximum absolute atomic E-state index is 10.9. The van der Waals surface area contributed by atoms with Crippen molar-refractivity contribution in [2.24, 2.45) is 5.73 Å². The number of amides is 1. The molecule has 0 aromatic heterocycles. The largest absolute Gasteiger partial charge is 0.353 e. The van der Waals surface area contributed by atoms with Crippen LogP contribution in [0, 0.1) is 0 Å². The number of hydrogen-bond acceptors (Lipinski definition) is 2. The molecule has 1 aliphatic rings. The van der Waals surface area contributed by atoms with Crippen molar-refractivity contribution in [1.29, 1.82) is 0 Å². The Balaban J connectivity index is 2.28. The van der Waals surface area contributed by atoms with Crippen molar-refractivity contribution in [3.8, 4) is 0 Å². The first-order valence-electron chi connectivity index (χ1n) is 4.23. The van der Waals surface area contributed by atoms with Crippen LogP contribution in [0.25, 0.3) is 0 Å². The van der Waals surface area contributed by atoms with Crippen LogP contribution in [0.5, 0.6) is 0 Å². The maximum Gasteiger partial charge on any atom is 0.220 e. The minimum Gasteiger partial charge on any atom is -0.353 e. The lowest BCUT2D eigenvalue weighted by Gasteiger charge is -2.24. The summed E-state index contributed by atoms with van der Waals surface area (Å²) in [6.07, 6.45) is 3.71. The minimum atomic E-state index is 0.182. The standard InChI is InChI=1S/C8H16N2O/c1-6(9)5-7-3-2-4-8(11)10-7/h6-7H,2-5,9H2,1H3,(H,10,11). The molecule has 3 nitrogen and oxygen atoms in total. The van der Waals surface area contributed by atoms with E-state index in [0.717, 1.165) is 19.3 Å². The van der Waals surface area contributed by atoms with Crippen molar-refractivity contribution in [1.82, 2.24) is 5.32 Å². The van der Waals surface area contributed by atoms with Gasteiger partial charge in [-0.15, -0.1) is 0 Å². The predicted octanol–water partition coefficient (Wildman–Crippen LogP) is 0.392. The zero-order valence-electron chi connectivity index (χ0n) is 6.97. The number of carbonyl (C=O) groups excluding carboxylic acids is 1. The summed E-state index contributed by atoms with van der Waals surface area (Å²) in [7, 11) is 0. The molecule has 0 aliphatic carbocycles. The fraction of sp³-hybridized carbons (Fsp3) is 0.875. The Bertz CT molecular complexity index is 145. The van der Waals surface area contributed by atoms with E-state index in [1.807, 2.05) is 6.92 Å². The molecular weight excluding hydrogens is 140 g/mol. The monoisotopic (exact) mass is 156 g/mol. The van der Waals surface area contributed by atoms with E-state index in [2.05, 4.69) is 5.32 Å². The number of carbonyl (C=O) groups is 1. The van der Waals surface area contributed by atoms with Crippen molar-refractivity contribution in [3.05, 3.63) is 0 Å². The summed E-state index contributed by atoms with van der Waals surface area (Å²) in [6, 6.07) is 0.523. The lowest BCUT2D eigenvalue weighted by molar-refractivity contribution is -0.123. The molecule has 3 N–H and O–H groups in total. The highest BCUT2D eigenvalue weighted by Gasteiger charge is 2.18. The molecule has 1 rings (SSSR count). The first-order chi connectivity index (χ1) is 5.18. The van der Waals surface area contributed by atoms with Crippen LogP contribution in [-0.2, 0) is 4.79 Å². The second kappa shape index (κ2) is 3.72. The van der Waals surface area contributed by atoms with Crippen molar-refractivity contribution in [3.63, 3.8) is 0 Å². The Hall–Kier alpha value is -0.570. The van der Waals surface area contributed by atoms with Gasteiger partial charge in [-0.3, -0.25) is 4.79 Å². The third-order valence-corrected chi connectivity index (χ3v) is 1.98. The van der Waals surface area contributed by atoms with E-state index in [9.17, 15) is 4.79 Å². The summed E-state index contributed by atoms with van der Waals surface area (Å²) in [4.78, 5) is 10.9. The smallest absolute Gasteiger partial charge is 0.220 e. The highest BCUT2D eigenvalue weighted by molar-refractivity contribution is 5.76. The van der Waals surface area contributed by atoms with E-state index in [0.29, 0.717) is 12.5 Å².